The number of hydrogen-bond donors (Lipinski definition) is 2. The minimum atomic E-state index is -4.48. The lowest BCUT2D eigenvalue weighted by molar-refractivity contribution is -0.137. The largest absolute Gasteiger partial charge is 0.417 e. The number of carbonyl (C=O) groups excluding carboxylic acids is 1. The summed E-state index contributed by atoms with van der Waals surface area (Å²) in [6.45, 7) is 0. The van der Waals surface area contributed by atoms with Crippen molar-refractivity contribution in [1.29, 1.82) is 0 Å². The number of carbonyl (C=O) groups is 1. The number of anilines is 2. The van der Waals surface area contributed by atoms with E-state index in [2.05, 4.69) is 10.4 Å². The van der Waals surface area contributed by atoms with E-state index in [4.69, 9.17) is 22.1 Å². The first-order valence-corrected chi connectivity index (χ1v) is 9.96. The van der Waals surface area contributed by atoms with Gasteiger partial charge in [0.2, 0.25) is 0 Å². The Bertz CT molecular complexity index is 1270. The lowest BCUT2D eigenvalue weighted by Gasteiger charge is -2.09. The van der Waals surface area contributed by atoms with Crippen molar-refractivity contribution in [1.82, 2.24) is 9.78 Å². The third-order valence-corrected chi connectivity index (χ3v) is 4.91. The summed E-state index contributed by atoms with van der Waals surface area (Å²) in [6, 6.07) is 19.4. The van der Waals surface area contributed by atoms with E-state index in [-0.39, 0.29) is 22.9 Å². The van der Waals surface area contributed by atoms with Crippen LogP contribution in [0.1, 0.15) is 5.56 Å². The second-order valence-corrected chi connectivity index (χ2v) is 7.34. The summed E-state index contributed by atoms with van der Waals surface area (Å²) in [5.74, 6) is 0.321. The van der Waals surface area contributed by atoms with Crippen LogP contribution in [0.5, 0.6) is 5.75 Å². The van der Waals surface area contributed by atoms with Crippen molar-refractivity contribution in [3.63, 3.8) is 0 Å². The first-order valence-electron chi connectivity index (χ1n) is 9.58. The normalized spacial score (nSPS) is 11.3. The van der Waals surface area contributed by atoms with Gasteiger partial charge in [0.1, 0.15) is 17.1 Å². The van der Waals surface area contributed by atoms with Gasteiger partial charge in [-0.15, -0.1) is 0 Å². The van der Waals surface area contributed by atoms with Crippen LogP contribution >= 0.6 is 11.6 Å². The van der Waals surface area contributed by atoms with Gasteiger partial charge in [0.15, 0.2) is 5.82 Å². The molecule has 0 bridgehead atoms. The number of nitrogen functional groups attached to an aromatic ring is 1. The molecular weight excluding hydrogens is 457 g/mol. The first kappa shape index (κ1) is 22.2. The Morgan fingerprint density at radius 2 is 1.61 bits per heavy atom. The zero-order valence-electron chi connectivity index (χ0n) is 16.8. The molecule has 1 heterocycles. The molecule has 3 aromatic carbocycles. The van der Waals surface area contributed by atoms with E-state index in [1.165, 1.54) is 16.8 Å². The Morgan fingerprint density at radius 1 is 0.970 bits per heavy atom. The van der Waals surface area contributed by atoms with Crippen molar-refractivity contribution in [3.8, 4) is 22.7 Å². The number of nitrogens with one attached hydrogen (secondary N) is 1. The fourth-order valence-corrected chi connectivity index (χ4v) is 3.20. The molecule has 0 saturated carbocycles. The molecule has 0 aliphatic carbocycles. The number of alkyl halides is 3. The highest BCUT2D eigenvalue weighted by atomic mass is 35.5. The van der Waals surface area contributed by atoms with E-state index >= 15 is 0 Å². The Labute approximate surface area is 191 Å². The fourth-order valence-electron chi connectivity index (χ4n) is 3.08. The zero-order chi connectivity index (χ0) is 23.6. The van der Waals surface area contributed by atoms with Crippen LogP contribution in [0.4, 0.5) is 29.5 Å². The van der Waals surface area contributed by atoms with E-state index in [9.17, 15) is 18.0 Å². The number of ether oxygens (including phenoxy) is 1. The van der Waals surface area contributed by atoms with Gasteiger partial charge in [-0.1, -0.05) is 41.9 Å². The van der Waals surface area contributed by atoms with Crippen LogP contribution in [0.2, 0.25) is 5.02 Å². The van der Waals surface area contributed by atoms with Crippen molar-refractivity contribution in [2.75, 3.05) is 11.1 Å². The molecule has 3 N–H and O–H groups in total. The SMILES string of the molecule is Nc1c(NC(=O)Oc2ccccc2)c(-c2ccc(Cl)cc2)nn1-c1ccc(C(F)(F)F)cc1. The van der Waals surface area contributed by atoms with Crippen molar-refractivity contribution in [3.05, 3.63) is 89.4 Å². The third-order valence-electron chi connectivity index (χ3n) is 4.66. The number of benzene rings is 3. The second-order valence-electron chi connectivity index (χ2n) is 6.90. The highest BCUT2D eigenvalue weighted by Gasteiger charge is 2.30. The molecule has 1 aromatic heterocycles. The zero-order valence-corrected chi connectivity index (χ0v) is 17.6. The lowest BCUT2D eigenvalue weighted by Crippen LogP contribution is -2.18. The van der Waals surface area contributed by atoms with Crippen LogP contribution in [0.3, 0.4) is 0 Å². The molecule has 168 valence electrons. The predicted octanol–water partition coefficient (Wildman–Crippen LogP) is 6.40. The van der Waals surface area contributed by atoms with Crippen molar-refractivity contribution >= 4 is 29.2 Å². The average Bonchev–Trinajstić information content (AvgIpc) is 3.10. The molecule has 0 spiro atoms. The number of aromatic nitrogens is 2. The molecule has 0 fully saturated rings. The molecule has 4 rings (SSSR count). The van der Waals surface area contributed by atoms with Gasteiger partial charge in [0.25, 0.3) is 0 Å². The lowest BCUT2D eigenvalue weighted by atomic mass is 10.1. The number of nitrogens with two attached hydrogens (primary N) is 1. The number of nitrogens with zero attached hydrogens (tertiary/aromatic N) is 2. The average molecular weight is 473 g/mol. The number of halogens is 4. The summed E-state index contributed by atoms with van der Waals surface area (Å²) in [6.07, 6.45) is -5.29. The quantitative estimate of drug-likeness (QED) is 0.360. The molecule has 6 nitrogen and oxygen atoms in total. The summed E-state index contributed by atoms with van der Waals surface area (Å²) in [5.41, 5.74) is 6.72. The Hall–Kier alpha value is -3.98. The minimum Gasteiger partial charge on any atom is -0.410 e. The van der Waals surface area contributed by atoms with E-state index in [0.29, 0.717) is 16.3 Å². The fraction of sp³-hybridized carbons (Fsp3) is 0.0435. The molecular formula is C23H16ClF3N4O2. The number of rotatable bonds is 4. The summed E-state index contributed by atoms with van der Waals surface area (Å²) in [4.78, 5) is 12.5. The molecule has 0 aliphatic rings. The maximum absolute atomic E-state index is 12.9. The van der Waals surface area contributed by atoms with Gasteiger partial charge in [0, 0.05) is 10.6 Å². The molecule has 0 saturated heterocycles. The van der Waals surface area contributed by atoms with Crippen LogP contribution in [-0.2, 0) is 6.18 Å². The minimum absolute atomic E-state index is 0.00437. The maximum Gasteiger partial charge on any atom is 0.417 e. The smallest absolute Gasteiger partial charge is 0.410 e. The molecule has 10 heteroatoms. The summed E-state index contributed by atoms with van der Waals surface area (Å²) in [5, 5.41) is 7.51. The van der Waals surface area contributed by atoms with E-state index in [1.807, 2.05) is 0 Å². The van der Waals surface area contributed by atoms with Crippen LogP contribution < -0.4 is 15.8 Å². The Morgan fingerprint density at radius 3 is 2.21 bits per heavy atom. The van der Waals surface area contributed by atoms with Gasteiger partial charge in [-0.05, 0) is 48.5 Å². The predicted molar refractivity (Wildman–Crippen MR) is 120 cm³/mol. The third kappa shape index (κ3) is 4.93. The Balaban J connectivity index is 1.73. The molecule has 4 aromatic rings. The van der Waals surface area contributed by atoms with Crippen LogP contribution in [0, 0.1) is 0 Å². The maximum atomic E-state index is 12.9. The summed E-state index contributed by atoms with van der Waals surface area (Å²) < 4.78 is 45.3. The molecule has 33 heavy (non-hydrogen) atoms. The van der Waals surface area contributed by atoms with Gasteiger partial charge in [-0.25, -0.2) is 9.48 Å². The van der Waals surface area contributed by atoms with E-state index < -0.39 is 17.8 Å². The van der Waals surface area contributed by atoms with Gasteiger partial charge < -0.3 is 10.5 Å². The van der Waals surface area contributed by atoms with Crippen LogP contribution in [-0.4, -0.2) is 15.9 Å². The van der Waals surface area contributed by atoms with Gasteiger partial charge in [0.05, 0.1) is 11.3 Å². The molecule has 0 aliphatic heterocycles. The Kier molecular flexibility index (Phi) is 5.97. The van der Waals surface area contributed by atoms with Gasteiger partial charge >= 0.3 is 12.3 Å². The highest BCUT2D eigenvalue weighted by molar-refractivity contribution is 6.30. The summed E-state index contributed by atoms with van der Waals surface area (Å²) in [7, 11) is 0. The number of amides is 1. The molecule has 1 amide bonds. The van der Waals surface area contributed by atoms with Crippen LogP contribution in [0.25, 0.3) is 16.9 Å². The number of hydrogen-bond acceptors (Lipinski definition) is 4. The molecule has 0 radical (unpaired) electrons. The van der Waals surface area contributed by atoms with Crippen molar-refractivity contribution < 1.29 is 22.7 Å². The van der Waals surface area contributed by atoms with Crippen molar-refractivity contribution in [2.24, 2.45) is 0 Å². The number of para-hydroxylation sites is 1. The topological polar surface area (TPSA) is 82.2 Å². The monoisotopic (exact) mass is 472 g/mol. The van der Waals surface area contributed by atoms with E-state index in [1.54, 1.807) is 54.6 Å². The first-order chi connectivity index (χ1) is 15.7. The standard InChI is InChI=1S/C23H16ClF3N4O2/c24-16-10-6-14(7-11-16)19-20(29-22(32)33-18-4-2-1-3-5-18)21(28)31(30-19)17-12-8-15(9-13-17)23(25,26)27/h1-13H,28H2,(H,29,32). The van der Waals surface area contributed by atoms with Gasteiger partial charge in [-0.2, -0.15) is 18.3 Å². The van der Waals surface area contributed by atoms with E-state index in [0.717, 1.165) is 12.1 Å². The van der Waals surface area contributed by atoms with Gasteiger partial charge in [-0.3, -0.25) is 5.32 Å². The molecule has 0 unspecified atom stereocenters. The highest BCUT2D eigenvalue weighted by Crippen LogP contribution is 2.36. The summed E-state index contributed by atoms with van der Waals surface area (Å²) >= 11 is 5.97. The van der Waals surface area contributed by atoms with Crippen LogP contribution in [0.15, 0.2) is 78.9 Å². The second kappa shape index (κ2) is 8.87. The van der Waals surface area contributed by atoms with Crippen molar-refractivity contribution in [2.45, 2.75) is 6.18 Å². The molecule has 0 atom stereocenters.